The first-order valence-corrected chi connectivity index (χ1v) is 8.03. The monoisotopic (exact) mass is 374 g/mol. The van der Waals surface area contributed by atoms with Crippen molar-refractivity contribution in [3.8, 4) is 0 Å². The lowest BCUT2D eigenvalue weighted by Crippen LogP contribution is -2.21. The highest BCUT2D eigenvalue weighted by atomic mass is 35.5. The molecule has 0 aliphatic rings. The summed E-state index contributed by atoms with van der Waals surface area (Å²) in [5.41, 5.74) is 3.25. The van der Waals surface area contributed by atoms with E-state index in [1.165, 1.54) is 0 Å². The largest absolute Gasteiger partial charge is 0.422 e. The number of benzene rings is 2. The van der Waals surface area contributed by atoms with Gasteiger partial charge in [0.25, 0.3) is 5.91 Å². The Bertz CT molecular complexity index is 1040. The Morgan fingerprint density at radius 3 is 2.44 bits per heavy atom. The minimum Gasteiger partial charge on any atom is -0.422 e. The zero-order valence-electron chi connectivity index (χ0n) is 13.0. The third-order valence-electron chi connectivity index (χ3n) is 3.52. The second-order valence-electron chi connectivity index (χ2n) is 5.27. The summed E-state index contributed by atoms with van der Waals surface area (Å²) in [5.74, 6) is -0.413. The molecule has 7 heteroatoms. The normalized spacial score (nSPS) is 11.6. The number of fused-ring (bicyclic) bond motifs is 1. The van der Waals surface area contributed by atoms with Crippen LogP contribution in [0.1, 0.15) is 22.8 Å². The molecule has 0 unspecified atom stereocenters. The van der Waals surface area contributed by atoms with Gasteiger partial charge in [-0.1, -0.05) is 23.2 Å². The zero-order chi connectivity index (χ0) is 18.0. The van der Waals surface area contributed by atoms with Crippen LogP contribution in [0.4, 0.5) is 0 Å². The number of hydrazone groups is 1. The quantitative estimate of drug-likeness (QED) is 0.423. The molecule has 0 spiro atoms. The van der Waals surface area contributed by atoms with Crippen LogP contribution in [-0.4, -0.2) is 11.6 Å². The Balaban J connectivity index is 1.88. The summed E-state index contributed by atoms with van der Waals surface area (Å²) in [6, 6.07) is 12.9. The number of amides is 1. The first kappa shape index (κ1) is 17.2. The topological polar surface area (TPSA) is 71.7 Å². The fourth-order valence-corrected chi connectivity index (χ4v) is 2.51. The second-order valence-corrected chi connectivity index (χ2v) is 6.15. The van der Waals surface area contributed by atoms with Crippen LogP contribution in [0.25, 0.3) is 11.0 Å². The Labute approximate surface area is 152 Å². The SMILES string of the molecule is C/C(=N\NC(=O)c1ccc(Cl)cc1)c1cc2cc(Cl)ccc2oc1=O. The molecule has 1 aromatic heterocycles. The lowest BCUT2D eigenvalue weighted by Gasteiger charge is -2.04. The molecule has 1 N–H and O–H groups in total. The van der Waals surface area contributed by atoms with Crippen molar-refractivity contribution in [3.05, 3.63) is 80.1 Å². The minimum atomic E-state index is -0.545. The van der Waals surface area contributed by atoms with Crippen molar-refractivity contribution in [2.24, 2.45) is 5.10 Å². The molecule has 0 bridgehead atoms. The molecule has 126 valence electrons. The number of carbonyl (C=O) groups is 1. The van der Waals surface area contributed by atoms with Gasteiger partial charge in [0.2, 0.25) is 0 Å². The maximum atomic E-state index is 12.1. The molecule has 0 saturated carbocycles. The van der Waals surface area contributed by atoms with Crippen molar-refractivity contribution in [1.82, 2.24) is 5.43 Å². The summed E-state index contributed by atoms with van der Waals surface area (Å²) < 4.78 is 5.25. The van der Waals surface area contributed by atoms with Crippen molar-refractivity contribution < 1.29 is 9.21 Å². The van der Waals surface area contributed by atoms with E-state index in [-0.39, 0.29) is 5.56 Å². The summed E-state index contributed by atoms with van der Waals surface area (Å²) >= 11 is 11.7. The lowest BCUT2D eigenvalue weighted by molar-refractivity contribution is 0.0955. The van der Waals surface area contributed by atoms with E-state index in [4.69, 9.17) is 27.6 Å². The summed E-state index contributed by atoms with van der Waals surface area (Å²) in [6.07, 6.45) is 0. The molecular weight excluding hydrogens is 363 g/mol. The van der Waals surface area contributed by atoms with Crippen LogP contribution < -0.4 is 11.1 Å². The van der Waals surface area contributed by atoms with E-state index in [1.807, 2.05) is 0 Å². The van der Waals surface area contributed by atoms with E-state index in [0.29, 0.717) is 32.3 Å². The molecule has 2 aromatic carbocycles. The summed E-state index contributed by atoms with van der Waals surface area (Å²) in [7, 11) is 0. The number of rotatable bonds is 3. The molecule has 0 aliphatic carbocycles. The Morgan fingerprint density at radius 2 is 1.72 bits per heavy atom. The van der Waals surface area contributed by atoms with Crippen LogP contribution in [-0.2, 0) is 0 Å². The van der Waals surface area contributed by atoms with Gasteiger partial charge in [-0.25, -0.2) is 10.2 Å². The summed E-state index contributed by atoms with van der Waals surface area (Å²) in [6.45, 7) is 1.60. The van der Waals surface area contributed by atoms with Gasteiger partial charge in [-0.15, -0.1) is 0 Å². The molecule has 0 atom stereocenters. The Morgan fingerprint density at radius 1 is 1.04 bits per heavy atom. The van der Waals surface area contributed by atoms with Gasteiger partial charge in [0.15, 0.2) is 0 Å². The number of hydrogen-bond donors (Lipinski definition) is 1. The molecule has 0 radical (unpaired) electrons. The van der Waals surface area contributed by atoms with Crippen LogP contribution in [0.2, 0.25) is 10.0 Å². The van der Waals surface area contributed by atoms with Crippen LogP contribution in [0, 0.1) is 0 Å². The zero-order valence-corrected chi connectivity index (χ0v) is 14.6. The predicted molar refractivity (Wildman–Crippen MR) is 98.6 cm³/mol. The molecule has 25 heavy (non-hydrogen) atoms. The average molecular weight is 375 g/mol. The van der Waals surface area contributed by atoms with E-state index in [1.54, 1.807) is 55.5 Å². The third-order valence-corrected chi connectivity index (χ3v) is 4.00. The molecule has 0 aliphatic heterocycles. The number of nitrogens with zero attached hydrogens (tertiary/aromatic N) is 1. The summed E-state index contributed by atoms with van der Waals surface area (Å²) in [5, 5.41) is 5.70. The van der Waals surface area contributed by atoms with Crippen molar-refractivity contribution in [2.45, 2.75) is 6.92 Å². The van der Waals surface area contributed by atoms with Crippen molar-refractivity contribution in [3.63, 3.8) is 0 Å². The molecule has 3 aromatic rings. The van der Waals surface area contributed by atoms with Crippen molar-refractivity contribution in [2.75, 3.05) is 0 Å². The summed E-state index contributed by atoms with van der Waals surface area (Å²) in [4.78, 5) is 24.2. The standard InChI is InChI=1S/C18H12Cl2N2O3/c1-10(21-22-17(23)11-2-4-13(19)5-3-11)15-9-12-8-14(20)6-7-16(12)25-18(15)24/h2-9H,1H3,(H,22,23)/b21-10+. The van der Waals surface area contributed by atoms with Gasteiger partial charge in [0.1, 0.15) is 5.58 Å². The van der Waals surface area contributed by atoms with Crippen LogP contribution in [0.3, 0.4) is 0 Å². The van der Waals surface area contributed by atoms with Crippen LogP contribution >= 0.6 is 23.2 Å². The van der Waals surface area contributed by atoms with Gasteiger partial charge in [0.05, 0.1) is 11.3 Å². The van der Waals surface area contributed by atoms with E-state index in [9.17, 15) is 9.59 Å². The fraction of sp³-hybridized carbons (Fsp3) is 0.0556. The molecule has 1 heterocycles. The fourth-order valence-electron chi connectivity index (χ4n) is 2.21. The van der Waals surface area contributed by atoms with Gasteiger partial charge >= 0.3 is 5.63 Å². The smallest absolute Gasteiger partial charge is 0.345 e. The molecule has 0 fully saturated rings. The Kier molecular flexibility index (Phi) is 4.88. The van der Waals surface area contributed by atoms with Crippen molar-refractivity contribution in [1.29, 1.82) is 0 Å². The van der Waals surface area contributed by atoms with Gasteiger partial charge in [-0.2, -0.15) is 5.10 Å². The number of carbonyl (C=O) groups excluding carboxylic acids is 1. The van der Waals surface area contributed by atoms with Crippen LogP contribution in [0.5, 0.6) is 0 Å². The first-order chi connectivity index (χ1) is 11.9. The highest BCUT2D eigenvalue weighted by Crippen LogP contribution is 2.19. The van der Waals surface area contributed by atoms with E-state index >= 15 is 0 Å². The molecule has 3 rings (SSSR count). The first-order valence-electron chi connectivity index (χ1n) is 7.28. The molecule has 1 amide bonds. The van der Waals surface area contributed by atoms with Gasteiger partial charge in [-0.3, -0.25) is 4.79 Å². The van der Waals surface area contributed by atoms with E-state index < -0.39 is 11.5 Å². The maximum Gasteiger partial charge on any atom is 0.345 e. The van der Waals surface area contributed by atoms with Crippen LogP contribution in [0.15, 0.2) is 62.8 Å². The minimum absolute atomic E-state index is 0.242. The Hall–Kier alpha value is -2.63. The number of halogens is 2. The highest BCUT2D eigenvalue weighted by molar-refractivity contribution is 6.31. The molecular formula is C18H12Cl2N2O3. The molecule has 5 nitrogen and oxygen atoms in total. The van der Waals surface area contributed by atoms with E-state index in [2.05, 4.69) is 10.5 Å². The second kappa shape index (κ2) is 7.09. The molecule has 0 saturated heterocycles. The highest BCUT2D eigenvalue weighted by Gasteiger charge is 2.10. The van der Waals surface area contributed by atoms with Gasteiger partial charge in [0, 0.05) is 21.0 Å². The lowest BCUT2D eigenvalue weighted by atomic mass is 10.1. The number of hydrogen-bond acceptors (Lipinski definition) is 4. The van der Waals surface area contributed by atoms with Gasteiger partial charge < -0.3 is 4.42 Å². The van der Waals surface area contributed by atoms with Gasteiger partial charge in [-0.05, 0) is 55.5 Å². The van der Waals surface area contributed by atoms with Crippen molar-refractivity contribution >= 4 is 45.8 Å². The average Bonchev–Trinajstić information content (AvgIpc) is 2.59. The third kappa shape index (κ3) is 3.90. The van der Waals surface area contributed by atoms with E-state index in [0.717, 1.165) is 0 Å². The maximum absolute atomic E-state index is 12.1. The predicted octanol–water partition coefficient (Wildman–Crippen LogP) is 4.25. The number of nitrogens with one attached hydrogen (secondary N) is 1.